The van der Waals surface area contributed by atoms with Crippen LogP contribution in [-0.2, 0) is 9.59 Å². The van der Waals surface area contributed by atoms with Gasteiger partial charge in [0.2, 0.25) is 11.8 Å². The number of anilines is 1. The Morgan fingerprint density at radius 3 is 1.92 bits per heavy atom. The minimum Gasteiger partial charge on any atom is -0.497 e. The highest BCUT2D eigenvalue weighted by Crippen LogP contribution is 2.77. The van der Waals surface area contributed by atoms with Gasteiger partial charge >= 0.3 is 0 Å². The van der Waals surface area contributed by atoms with E-state index in [0.29, 0.717) is 11.4 Å². The summed E-state index contributed by atoms with van der Waals surface area (Å²) >= 11 is 38.7. The van der Waals surface area contributed by atoms with Crippen LogP contribution in [0.15, 0.2) is 34.3 Å². The van der Waals surface area contributed by atoms with Crippen LogP contribution < -0.4 is 9.64 Å². The maximum Gasteiger partial charge on any atom is 0.240 e. The molecule has 138 valence electrons. The fourth-order valence-electron chi connectivity index (χ4n) is 4.00. The van der Waals surface area contributed by atoms with Gasteiger partial charge in [-0.3, -0.25) is 9.59 Å². The molecule has 1 aromatic rings. The molecule has 1 aliphatic heterocycles. The second-order valence-corrected chi connectivity index (χ2v) is 9.57. The maximum absolute atomic E-state index is 13.2. The van der Waals surface area contributed by atoms with Gasteiger partial charge in [-0.25, -0.2) is 4.90 Å². The Morgan fingerprint density at radius 1 is 0.962 bits per heavy atom. The number of nitrogens with zero attached hydrogens (tertiary/aromatic N) is 1. The number of ether oxygens (including phenoxy) is 1. The fraction of sp³-hybridized carbons (Fsp3) is 0.375. The lowest BCUT2D eigenvalue weighted by Gasteiger charge is -2.34. The highest BCUT2D eigenvalue weighted by molar-refractivity contribution is 6.67. The number of amides is 2. The quantitative estimate of drug-likeness (QED) is 0.462. The van der Waals surface area contributed by atoms with Crippen LogP contribution in [0.1, 0.15) is 0 Å². The monoisotopic (exact) mass is 473 g/mol. The minimum absolute atomic E-state index is 0.115. The molecular formula is C16H9Cl6NO3. The summed E-state index contributed by atoms with van der Waals surface area (Å²) in [5.74, 6) is -3.02. The summed E-state index contributed by atoms with van der Waals surface area (Å²) in [5.41, 5.74) is 0.315. The molecule has 2 aliphatic carbocycles. The molecule has 1 saturated heterocycles. The van der Waals surface area contributed by atoms with Crippen LogP contribution in [0.3, 0.4) is 0 Å². The van der Waals surface area contributed by atoms with Crippen LogP contribution in [0.25, 0.3) is 0 Å². The smallest absolute Gasteiger partial charge is 0.240 e. The van der Waals surface area contributed by atoms with Crippen LogP contribution in [0.2, 0.25) is 0 Å². The SMILES string of the molecule is COc1cccc(N2C(=O)[C@@H]3[C@H](C2=O)[C@]2(Cl)C(Cl)=C(Cl)[C@]3(Cl)C2(Cl)Cl)c1. The van der Waals surface area contributed by atoms with Crippen molar-refractivity contribution in [3.8, 4) is 5.75 Å². The predicted octanol–water partition coefficient (Wildman–Crippen LogP) is 4.65. The molecule has 2 bridgehead atoms. The van der Waals surface area contributed by atoms with Crippen molar-refractivity contribution >= 4 is 87.1 Å². The van der Waals surface area contributed by atoms with Crippen molar-refractivity contribution in [3.63, 3.8) is 0 Å². The third-order valence-corrected chi connectivity index (χ3v) is 9.48. The van der Waals surface area contributed by atoms with E-state index in [1.54, 1.807) is 24.3 Å². The average molecular weight is 476 g/mol. The highest BCUT2D eigenvalue weighted by atomic mass is 35.5. The average Bonchev–Trinajstić information content (AvgIpc) is 2.99. The zero-order valence-electron chi connectivity index (χ0n) is 12.9. The van der Waals surface area contributed by atoms with Crippen LogP contribution in [-0.4, -0.2) is 33.0 Å². The van der Waals surface area contributed by atoms with Gasteiger partial charge in [0.15, 0.2) is 4.33 Å². The van der Waals surface area contributed by atoms with E-state index in [9.17, 15) is 9.59 Å². The number of alkyl halides is 4. The summed E-state index contributed by atoms with van der Waals surface area (Å²) in [6, 6.07) is 6.47. The van der Waals surface area contributed by atoms with E-state index in [-0.39, 0.29) is 10.1 Å². The van der Waals surface area contributed by atoms with Crippen LogP contribution in [0.5, 0.6) is 5.75 Å². The van der Waals surface area contributed by atoms with Crippen LogP contribution in [0, 0.1) is 11.8 Å². The highest BCUT2D eigenvalue weighted by Gasteiger charge is 2.87. The van der Waals surface area contributed by atoms with Gasteiger partial charge in [-0.05, 0) is 12.1 Å². The standard InChI is InChI=1S/C16H9Cl6NO3/c1-26-7-4-2-3-6(5-7)23-12(24)8-9(13(23)25)15(20)11(18)10(17)14(8,19)16(15,21)22/h2-5,8-9H,1H3/t8-,9+,14-,15-/m0/s1. The molecule has 26 heavy (non-hydrogen) atoms. The molecule has 2 amide bonds. The first-order chi connectivity index (χ1) is 12.0. The Morgan fingerprint density at radius 2 is 1.46 bits per heavy atom. The lowest BCUT2D eigenvalue weighted by Crippen LogP contribution is -2.50. The molecule has 0 radical (unpaired) electrons. The molecule has 1 aromatic carbocycles. The summed E-state index contributed by atoms with van der Waals surface area (Å²) in [6.07, 6.45) is 0. The van der Waals surface area contributed by atoms with Gasteiger partial charge in [-0.1, -0.05) is 52.5 Å². The summed E-state index contributed by atoms with van der Waals surface area (Å²) in [7, 11) is 1.47. The molecule has 4 atom stereocenters. The fourth-order valence-corrected chi connectivity index (χ4v) is 6.93. The molecule has 0 unspecified atom stereocenters. The molecule has 2 fully saturated rings. The van der Waals surface area contributed by atoms with E-state index in [1.807, 2.05) is 0 Å². The molecule has 0 aromatic heterocycles. The normalized spacial score (nSPS) is 37.6. The Bertz CT molecular complexity index is 856. The van der Waals surface area contributed by atoms with Crippen molar-refractivity contribution in [2.45, 2.75) is 14.1 Å². The summed E-state index contributed by atoms with van der Waals surface area (Å²) in [6.45, 7) is 0. The number of hydrogen-bond acceptors (Lipinski definition) is 3. The first kappa shape index (κ1) is 19.0. The second-order valence-electron chi connectivity index (χ2n) is 6.29. The molecule has 3 aliphatic rings. The van der Waals surface area contributed by atoms with E-state index >= 15 is 0 Å². The van der Waals surface area contributed by atoms with Crippen molar-refractivity contribution in [1.82, 2.24) is 0 Å². The van der Waals surface area contributed by atoms with Gasteiger partial charge in [0.1, 0.15) is 15.5 Å². The van der Waals surface area contributed by atoms with E-state index in [4.69, 9.17) is 74.3 Å². The third-order valence-electron chi connectivity index (χ3n) is 5.22. The molecule has 0 spiro atoms. The third kappa shape index (κ3) is 1.82. The summed E-state index contributed by atoms with van der Waals surface area (Å²) in [5, 5.41) is -0.230. The van der Waals surface area contributed by atoms with Crippen molar-refractivity contribution in [2.24, 2.45) is 11.8 Å². The molecule has 10 heteroatoms. The second kappa shape index (κ2) is 5.59. The maximum atomic E-state index is 13.2. The van der Waals surface area contributed by atoms with E-state index in [1.165, 1.54) is 7.11 Å². The van der Waals surface area contributed by atoms with Crippen molar-refractivity contribution in [2.75, 3.05) is 12.0 Å². The Kier molecular flexibility index (Phi) is 4.08. The molecule has 4 nitrogen and oxygen atoms in total. The number of carbonyl (C=O) groups excluding carboxylic acids is 2. The first-order valence-corrected chi connectivity index (χ1v) is 9.65. The first-order valence-electron chi connectivity index (χ1n) is 7.38. The van der Waals surface area contributed by atoms with E-state index in [0.717, 1.165) is 4.90 Å². The topological polar surface area (TPSA) is 46.6 Å². The largest absolute Gasteiger partial charge is 0.497 e. The van der Waals surface area contributed by atoms with Crippen molar-refractivity contribution in [3.05, 3.63) is 34.3 Å². The van der Waals surface area contributed by atoms with Crippen LogP contribution >= 0.6 is 69.6 Å². The molecule has 4 rings (SSSR count). The zero-order valence-corrected chi connectivity index (χ0v) is 17.4. The number of halogens is 6. The number of methoxy groups -OCH3 is 1. The van der Waals surface area contributed by atoms with Crippen LogP contribution in [0.4, 0.5) is 5.69 Å². The number of benzene rings is 1. The number of hydrogen-bond donors (Lipinski definition) is 0. The number of imide groups is 1. The molecule has 1 saturated carbocycles. The Balaban J connectivity index is 1.89. The van der Waals surface area contributed by atoms with Crippen molar-refractivity contribution in [1.29, 1.82) is 0 Å². The number of fused-ring (bicyclic) bond motifs is 5. The lowest BCUT2D eigenvalue weighted by atomic mass is 9.84. The van der Waals surface area contributed by atoms with Gasteiger partial charge in [0, 0.05) is 6.07 Å². The number of rotatable bonds is 2. The number of carbonyl (C=O) groups is 2. The Labute approximate surface area is 178 Å². The lowest BCUT2D eigenvalue weighted by molar-refractivity contribution is -0.123. The molecule has 0 N–H and O–H groups in total. The Hall–Kier alpha value is -0.360. The molecule has 1 heterocycles. The van der Waals surface area contributed by atoms with Gasteiger partial charge < -0.3 is 4.74 Å². The van der Waals surface area contributed by atoms with E-state index < -0.39 is 37.7 Å². The van der Waals surface area contributed by atoms with Gasteiger partial charge in [0.05, 0.1) is 34.7 Å². The summed E-state index contributed by atoms with van der Waals surface area (Å²) in [4.78, 5) is 23.7. The van der Waals surface area contributed by atoms with Gasteiger partial charge in [0.25, 0.3) is 0 Å². The van der Waals surface area contributed by atoms with E-state index in [2.05, 4.69) is 0 Å². The van der Waals surface area contributed by atoms with Gasteiger partial charge in [-0.2, -0.15) is 0 Å². The predicted molar refractivity (Wildman–Crippen MR) is 103 cm³/mol. The summed E-state index contributed by atoms with van der Waals surface area (Å²) < 4.78 is 3.21. The van der Waals surface area contributed by atoms with Gasteiger partial charge in [-0.15, -0.1) is 23.2 Å². The molecular weight excluding hydrogens is 467 g/mol. The van der Waals surface area contributed by atoms with Crippen molar-refractivity contribution < 1.29 is 14.3 Å². The number of allylic oxidation sites excluding steroid dienone is 2. The zero-order chi connectivity index (χ0) is 19.2. The minimum atomic E-state index is -1.93.